The quantitative estimate of drug-likeness (QED) is 0.652. The topological polar surface area (TPSA) is 23.8 Å². The van der Waals surface area contributed by atoms with Gasteiger partial charge in [-0.2, -0.15) is 5.26 Å². The van der Waals surface area contributed by atoms with Crippen molar-refractivity contribution in [3.05, 3.63) is 42.0 Å². The molecule has 1 aromatic rings. The predicted octanol–water partition coefficient (Wildman–Crippen LogP) is 4.59. The van der Waals surface area contributed by atoms with Crippen LogP contribution in [0.5, 0.6) is 0 Å². The van der Waals surface area contributed by atoms with Crippen LogP contribution in [0.25, 0.3) is 5.57 Å². The SMILES string of the molecule is C=C(C#N)c1ccc(CC(CC)CCC)cc1. The summed E-state index contributed by atoms with van der Waals surface area (Å²) in [6, 6.07) is 10.3. The molecule has 0 aliphatic heterocycles. The third-order valence-electron chi connectivity index (χ3n) is 3.24. The number of nitriles is 1. The monoisotopic (exact) mass is 227 g/mol. The molecule has 0 bridgehead atoms. The Morgan fingerprint density at radius 3 is 2.41 bits per heavy atom. The Morgan fingerprint density at radius 1 is 1.29 bits per heavy atom. The molecular weight excluding hydrogens is 206 g/mol. The lowest BCUT2D eigenvalue weighted by atomic mass is 9.92. The van der Waals surface area contributed by atoms with Gasteiger partial charge in [0.25, 0.3) is 0 Å². The number of rotatable bonds is 6. The van der Waals surface area contributed by atoms with Crippen LogP contribution in [0, 0.1) is 17.2 Å². The summed E-state index contributed by atoms with van der Waals surface area (Å²) in [6.07, 6.45) is 4.93. The lowest BCUT2D eigenvalue weighted by molar-refractivity contribution is 0.462. The van der Waals surface area contributed by atoms with E-state index in [1.54, 1.807) is 0 Å². The summed E-state index contributed by atoms with van der Waals surface area (Å²) in [5.41, 5.74) is 2.83. The minimum absolute atomic E-state index is 0.539. The van der Waals surface area contributed by atoms with E-state index in [4.69, 9.17) is 5.26 Å². The lowest BCUT2D eigenvalue weighted by Crippen LogP contribution is -2.02. The average Bonchev–Trinajstić information content (AvgIpc) is 2.38. The Kier molecular flexibility index (Phi) is 5.49. The zero-order valence-corrected chi connectivity index (χ0v) is 10.9. The molecule has 90 valence electrons. The van der Waals surface area contributed by atoms with Crippen LogP contribution in [-0.4, -0.2) is 0 Å². The number of allylic oxidation sites excluding steroid dienone is 1. The van der Waals surface area contributed by atoms with Crippen LogP contribution in [0.1, 0.15) is 44.2 Å². The summed E-state index contributed by atoms with van der Waals surface area (Å²) in [4.78, 5) is 0. The van der Waals surface area contributed by atoms with Crippen LogP contribution < -0.4 is 0 Å². The van der Waals surface area contributed by atoms with Gasteiger partial charge in [0.1, 0.15) is 0 Å². The normalized spacial score (nSPS) is 11.8. The average molecular weight is 227 g/mol. The Morgan fingerprint density at radius 2 is 1.94 bits per heavy atom. The van der Waals surface area contributed by atoms with E-state index < -0.39 is 0 Å². The zero-order valence-electron chi connectivity index (χ0n) is 10.9. The van der Waals surface area contributed by atoms with Gasteiger partial charge >= 0.3 is 0 Å². The summed E-state index contributed by atoms with van der Waals surface area (Å²) >= 11 is 0. The second kappa shape index (κ2) is 6.91. The fourth-order valence-corrected chi connectivity index (χ4v) is 2.10. The molecule has 0 radical (unpaired) electrons. The fraction of sp³-hybridized carbons (Fsp3) is 0.438. The predicted molar refractivity (Wildman–Crippen MR) is 73.5 cm³/mol. The smallest absolute Gasteiger partial charge is 0.0991 e. The van der Waals surface area contributed by atoms with Crippen molar-refractivity contribution >= 4 is 5.57 Å². The Bertz CT molecular complexity index is 395. The largest absolute Gasteiger partial charge is 0.192 e. The molecule has 1 unspecified atom stereocenters. The van der Waals surface area contributed by atoms with Crippen LogP contribution >= 0.6 is 0 Å². The first-order chi connectivity index (χ1) is 8.21. The van der Waals surface area contributed by atoms with Gasteiger partial charge in [-0.25, -0.2) is 0 Å². The van der Waals surface area contributed by atoms with Gasteiger partial charge in [-0.1, -0.05) is 64.0 Å². The molecule has 0 saturated heterocycles. The minimum atomic E-state index is 0.539. The Hall–Kier alpha value is -1.55. The molecule has 0 fully saturated rings. The summed E-state index contributed by atoms with van der Waals surface area (Å²) < 4.78 is 0. The molecule has 0 aromatic heterocycles. The van der Waals surface area contributed by atoms with Crippen molar-refractivity contribution in [2.75, 3.05) is 0 Å². The third kappa shape index (κ3) is 4.07. The van der Waals surface area contributed by atoms with Crippen LogP contribution in [0.2, 0.25) is 0 Å². The van der Waals surface area contributed by atoms with Crippen LogP contribution in [0.4, 0.5) is 0 Å². The van der Waals surface area contributed by atoms with Gasteiger partial charge in [0.15, 0.2) is 0 Å². The van der Waals surface area contributed by atoms with Crippen LogP contribution in [-0.2, 0) is 6.42 Å². The molecule has 0 N–H and O–H groups in total. The highest BCUT2D eigenvalue weighted by molar-refractivity contribution is 5.74. The van der Waals surface area contributed by atoms with Crippen molar-refractivity contribution in [2.45, 2.75) is 39.5 Å². The van der Waals surface area contributed by atoms with Gasteiger partial charge in [0, 0.05) is 0 Å². The van der Waals surface area contributed by atoms with Crippen LogP contribution in [0.15, 0.2) is 30.8 Å². The van der Waals surface area contributed by atoms with Crippen molar-refractivity contribution in [1.82, 2.24) is 0 Å². The molecule has 1 aromatic carbocycles. The maximum atomic E-state index is 8.76. The first kappa shape index (κ1) is 13.5. The second-order valence-electron chi connectivity index (χ2n) is 4.55. The Balaban J connectivity index is 2.68. The number of nitrogens with zero attached hydrogens (tertiary/aromatic N) is 1. The highest BCUT2D eigenvalue weighted by Crippen LogP contribution is 2.19. The summed E-state index contributed by atoms with van der Waals surface area (Å²) in [5.74, 6) is 0.782. The van der Waals surface area contributed by atoms with E-state index in [1.165, 1.54) is 24.8 Å². The van der Waals surface area contributed by atoms with E-state index in [1.807, 2.05) is 12.1 Å². The Labute approximate surface area is 105 Å². The second-order valence-corrected chi connectivity index (χ2v) is 4.55. The highest BCUT2D eigenvalue weighted by Gasteiger charge is 2.06. The highest BCUT2D eigenvalue weighted by atomic mass is 14.2. The molecular formula is C16H21N. The summed E-state index contributed by atoms with van der Waals surface area (Å²) in [6.45, 7) is 8.21. The van der Waals surface area contributed by atoms with E-state index >= 15 is 0 Å². The molecule has 0 aliphatic carbocycles. The van der Waals surface area contributed by atoms with Crippen molar-refractivity contribution in [3.63, 3.8) is 0 Å². The van der Waals surface area contributed by atoms with E-state index in [9.17, 15) is 0 Å². The molecule has 1 nitrogen and oxygen atoms in total. The molecule has 0 amide bonds. The molecule has 17 heavy (non-hydrogen) atoms. The molecule has 1 atom stereocenters. The molecule has 1 rings (SSSR count). The van der Waals surface area contributed by atoms with Crippen molar-refractivity contribution in [2.24, 2.45) is 5.92 Å². The van der Waals surface area contributed by atoms with Crippen molar-refractivity contribution in [1.29, 1.82) is 5.26 Å². The number of benzene rings is 1. The molecule has 1 heteroatoms. The zero-order chi connectivity index (χ0) is 12.7. The number of hydrogen-bond donors (Lipinski definition) is 0. The van der Waals surface area contributed by atoms with Gasteiger partial charge in [-0.3, -0.25) is 0 Å². The van der Waals surface area contributed by atoms with Crippen molar-refractivity contribution in [3.8, 4) is 6.07 Å². The number of hydrogen-bond acceptors (Lipinski definition) is 1. The van der Waals surface area contributed by atoms with Gasteiger partial charge in [-0.15, -0.1) is 0 Å². The van der Waals surface area contributed by atoms with Crippen molar-refractivity contribution < 1.29 is 0 Å². The molecule has 0 spiro atoms. The first-order valence-corrected chi connectivity index (χ1v) is 6.39. The van der Waals surface area contributed by atoms with Gasteiger partial charge in [0.05, 0.1) is 11.6 Å². The van der Waals surface area contributed by atoms with Crippen LogP contribution in [0.3, 0.4) is 0 Å². The lowest BCUT2D eigenvalue weighted by Gasteiger charge is -2.13. The van der Waals surface area contributed by atoms with E-state index in [2.05, 4.69) is 38.6 Å². The molecule has 0 heterocycles. The molecule has 0 aliphatic rings. The van der Waals surface area contributed by atoms with E-state index in [0.29, 0.717) is 5.57 Å². The summed E-state index contributed by atoms with van der Waals surface area (Å²) in [5, 5.41) is 8.76. The first-order valence-electron chi connectivity index (χ1n) is 6.39. The maximum Gasteiger partial charge on any atom is 0.0991 e. The standard InChI is InChI=1S/C16H21N/c1-4-6-14(5-2)11-15-7-9-16(10-8-15)13(3)12-17/h7-10,14H,3-6,11H2,1-2H3. The van der Waals surface area contributed by atoms with Gasteiger partial charge in [0.2, 0.25) is 0 Å². The fourth-order valence-electron chi connectivity index (χ4n) is 2.10. The minimum Gasteiger partial charge on any atom is -0.192 e. The van der Waals surface area contributed by atoms with Gasteiger partial charge in [-0.05, 0) is 23.5 Å². The summed E-state index contributed by atoms with van der Waals surface area (Å²) in [7, 11) is 0. The molecule has 0 saturated carbocycles. The third-order valence-corrected chi connectivity index (χ3v) is 3.24. The maximum absolute atomic E-state index is 8.76. The van der Waals surface area contributed by atoms with E-state index in [-0.39, 0.29) is 0 Å². The van der Waals surface area contributed by atoms with Gasteiger partial charge < -0.3 is 0 Å². The van der Waals surface area contributed by atoms with E-state index in [0.717, 1.165) is 17.9 Å².